The second-order valence-corrected chi connectivity index (χ2v) is 8.72. The molecular weight excluding hydrogens is 492 g/mol. The molecule has 0 bridgehead atoms. The number of cyclic esters (lactones) is 1. The fraction of sp³-hybridized carbons (Fsp3) is 0.259. The summed E-state index contributed by atoms with van der Waals surface area (Å²) in [5.41, 5.74) is 2.97. The smallest absolute Gasteiger partial charge is 0.480 e. The predicted octanol–water partition coefficient (Wildman–Crippen LogP) is 3.73. The Balaban J connectivity index is 1.13. The van der Waals surface area contributed by atoms with Crippen LogP contribution in [0.2, 0.25) is 0 Å². The van der Waals surface area contributed by atoms with Gasteiger partial charge in [0.2, 0.25) is 0 Å². The molecule has 2 aliphatic heterocycles. The lowest BCUT2D eigenvalue weighted by molar-refractivity contribution is -0.118. The fourth-order valence-corrected chi connectivity index (χ4v) is 4.20. The quantitative estimate of drug-likeness (QED) is 0.260. The summed E-state index contributed by atoms with van der Waals surface area (Å²) in [6, 6.07) is 18.6. The van der Waals surface area contributed by atoms with Crippen LogP contribution in [-0.2, 0) is 20.8 Å². The lowest BCUT2D eigenvalue weighted by Crippen LogP contribution is -2.29. The van der Waals surface area contributed by atoms with Gasteiger partial charge in [-0.1, -0.05) is 30.3 Å². The average molecular weight is 519 g/mol. The fourth-order valence-electron chi connectivity index (χ4n) is 4.20. The first-order valence-corrected chi connectivity index (χ1v) is 12.1. The number of amides is 2. The third-order valence-corrected chi connectivity index (χ3v) is 6.05. The molecule has 11 heteroatoms. The van der Waals surface area contributed by atoms with Gasteiger partial charge in [0, 0.05) is 6.54 Å². The van der Waals surface area contributed by atoms with Gasteiger partial charge in [-0.25, -0.2) is 14.6 Å². The van der Waals surface area contributed by atoms with Crippen LogP contribution in [0.1, 0.15) is 12.0 Å². The zero-order valence-electron chi connectivity index (χ0n) is 20.6. The van der Waals surface area contributed by atoms with E-state index < -0.39 is 12.2 Å². The van der Waals surface area contributed by atoms with Gasteiger partial charge in [-0.05, 0) is 60.0 Å². The standard InChI is InChI=1S/C27H26N4O7/c1-35-27(34)38-20-7-3-6-19(13-20)18-5-2-4-17(12-18)14-28-11-10-21-15-31(26(33)37-21)23-9-8-22-25(29-23)30-24(32)16-36-22/h2-9,12-13,21,28H,10-11,14-16H2,1H3,(H,29,30,32)/t21-/m0/s1. The van der Waals surface area contributed by atoms with Crippen LogP contribution in [0.5, 0.6) is 11.5 Å². The Morgan fingerprint density at radius 3 is 2.79 bits per heavy atom. The first-order valence-electron chi connectivity index (χ1n) is 12.1. The molecule has 0 radical (unpaired) electrons. The van der Waals surface area contributed by atoms with Gasteiger partial charge in [-0.2, -0.15) is 0 Å². The Labute approximate surface area is 218 Å². The summed E-state index contributed by atoms with van der Waals surface area (Å²) in [6.45, 7) is 1.57. The maximum Gasteiger partial charge on any atom is 0.513 e. The van der Waals surface area contributed by atoms with E-state index in [1.54, 1.807) is 24.3 Å². The number of carbonyl (C=O) groups is 3. The van der Waals surface area contributed by atoms with E-state index in [4.69, 9.17) is 14.2 Å². The first kappa shape index (κ1) is 25.0. The lowest BCUT2D eigenvalue weighted by atomic mass is 10.0. The number of pyridine rings is 1. The van der Waals surface area contributed by atoms with Gasteiger partial charge in [-0.15, -0.1) is 0 Å². The van der Waals surface area contributed by atoms with Crippen LogP contribution in [0.25, 0.3) is 11.1 Å². The minimum absolute atomic E-state index is 0.0572. The highest BCUT2D eigenvalue weighted by molar-refractivity contribution is 5.95. The Hall–Kier alpha value is -4.64. The van der Waals surface area contributed by atoms with E-state index in [0.717, 1.165) is 16.7 Å². The maximum absolute atomic E-state index is 12.4. The molecule has 0 aliphatic carbocycles. The lowest BCUT2D eigenvalue weighted by Gasteiger charge is -2.19. The molecule has 1 aromatic heterocycles. The van der Waals surface area contributed by atoms with Crippen LogP contribution in [-0.4, -0.2) is 56.0 Å². The molecule has 1 fully saturated rings. The highest BCUT2D eigenvalue weighted by atomic mass is 16.7. The number of hydrogen-bond donors (Lipinski definition) is 2. The number of hydrogen-bond acceptors (Lipinski definition) is 9. The van der Waals surface area contributed by atoms with Crippen molar-refractivity contribution < 1.29 is 33.3 Å². The average Bonchev–Trinajstić information content (AvgIpc) is 3.31. The molecule has 3 heterocycles. The van der Waals surface area contributed by atoms with E-state index >= 15 is 0 Å². The van der Waals surface area contributed by atoms with E-state index in [9.17, 15) is 14.4 Å². The van der Waals surface area contributed by atoms with Crippen molar-refractivity contribution in [2.24, 2.45) is 0 Å². The van der Waals surface area contributed by atoms with Crippen LogP contribution in [0, 0.1) is 0 Å². The van der Waals surface area contributed by atoms with Gasteiger partial charge >= 0.3 is 12.2 Å². The van der Waals surface area contributed by atoms with Crippen molar-refractivity contribution in [3.63, 3.8) is 0 Å². The first-order chi connectivity index (χ1) is 18.5. The van der Waals surface area contributed by atoms with Gasteiger partial charge in [0.05, 0.1) is 13.7 Å². The van der Waals surface area contributed by atoms with E-state index in [1.165, 1.54) is 12.0 Å². The second-order valence-electron chi connectivity index (χ2n) is 8.72. The molecule has 2 amide bonds. The Kier molecular flexibility index (Phi) is 7.36. The number of rotatable bonds is 8. The van der Waals surface area contributed by atoms with Crippen molar-refractivity contribution in [2.75, 3.05) is 37.0 Å². The molecule has 3 aromatic rings. The van der Waals surface area contributed by atoms with Gasteiger partial charge in [0.25, 0.3) is 5.91 Å². The van der Waals surface area contributed by atoms with Crippen molar-refractivity contribution in [3.8, 4) is 22.6 Å². The molecule has 196 valence electrons. The number of ether oxygens (including phenoxy) is 4. The minimum Gasteiger partial charge on any atom is -0.480 e. The highest BCUT2D eigenvalue weighted by Crippen LogP contribution is 2.30. The van der Waals surface area contributed by atoms with Crippen molar-refractivity contribution in [3.05, 3.63) is 66.2 Å². The van der Waals surface area contributed by atoms with Crippen LogP contribution in [0.4, 0.5) is 21.2 Å². The molecule has 2 aromatic carbocycles. The van der Waals surface area contributed by atoms with E-state index in [-0.39, 0.29) is 18.6 Å². The number of carbonyl (C=O) groups excluding carboxylic acids is 3. The van der Waals surface area contributed by atoms with Crippen LogP contribution < -0.4 is 25.0 Å². The number of anilines is 2. The van der Waals surface area contributed by atoms with Gasteiger partial charge < -0.3 is 29.6 Å². The number of nitrogens with zero attached hydrogens (tertiary/aromatic N) is 2. The Bertz CT molecular complexity index is 1360. The molecule has 2 N–H and O–H groups in total. The Morgan fingerprint density at radius 1 is 1.13 bits per heavy atom. The largest absolute Gasteiger partial charge is 0.513 e. The molecule has 0 spiro atoms. The molecule has 0 saturated carbocycles. The highest BCUT2D eigenvalue weighted by Gasteiger charge is 2.33. The van der Waals surface area contributed by atoms with E-state index in [1.807, 2.05) is 30.3 Å². The third kappa shape index (κ3) is 5.84. The van der Waals surface area contributed by atoms with Crippen molar-refractivity contribution in [2.45, 2.75) is 19.1 Å². The summed E-state index contributed by atoms with van der Waals surface area (Å²) in [6.07, 6.45) is -0.906. The molecule has 38 heavy (non-hydrogen) atoms. The van der Waals surface area contributed by atoms with Gasteiger partial charge in [0.1, 0.15) is 17.7 Å². The number of benzene rings is 2. The van der Waals surface area contributed by atoms with Gasteiger partial charge in [0.15, 0.2) is 18.2 Å². The Morgan fingerprint density at radius 2 is 1.95 bits per heavy atom. The van der Waals surface area contributed by atoms with Crippen LogP contribution >= 0.6 is 0 Å². The summed E-state index contributed by atoms with van der Waals surface area (Å²) in [5, 5.41) is 6.04. The number of methoxy groups -OCH3 is 1. The normalized spacial score (nSPS) is 16.2. The van der Waals surface area contributed by atoms with Crippen LogP contribution in [0.3, 0.4) is 0 Å². The van der Waals surface area contributed by atoms with Gasteiger partial charge in [-0.3, -0.25) is 9.69 Å². The van der Waals surface area contributed by atoms with E-state index in [0.29, 0.717) is 49.2 Å². The van der Waals surface area contributed by atoms with Crippen molar-refractivity contribution in [1.29, 1.82) is 0 Å². The SMILES string of the molecule is COC(=O)Oc1cccc(-c2cccc(CNCC[C@H]3CN(c4ccc5c(n4)NC(=O)CO5)C(=O)O3)c2)c1. The third-order valence-electron chi connectivity index (χ3n) is 6.05. The van der Waals surface area contributed by atoms with Crippen LogP contribution in [0.15, 0.2) is 60.7 Å². The summed E-state index contributed by atoms with van der Waals surface area (Å²) < 4.78 is 20.5. The summed E-state index contributed by atoms with van der Waals surface area (Å²) in [5.74, 6) is 1.27. The number of aromatic nitrogens is 1. The monoisotopic (exact) mass is 518 g/mol. The molecule has 1 saturated heterocycles. The molecule has 2 aliphatic rings. The van der Waals surface area contributed by atoms with E-state index in [2.05, 4.69) is 26.4 Å². The van der Waals surface area contributed by atoms with Crippen molar-refractivity contribution in [1.82, 2.24) is 10.3 Å². The summed E-state index contributed by atoms with van der Waals surface area (Å²) in [7, 11) is 1.26. The minimum atomic E-state index is -0.766. The summed E-state index contributed by atoms with van der Waals surface area (Å²) in [4.78, 5) is 41.2. The zero-order valence-corrected chi connectivity index (χ0v) is 20.6. The number of fused-ring (bicyclic) bond motifs is 1. The molecule has 1 atom stereocenters. The molecule has 5 rings (SSSR count). The van der Waals surface area contributed by atoms with Crippen molar-refractivity contribution >= 4 is 29.8 Å². The molecule has 11 nitrogen and oxygen atoms in total. The topological polar surface area (TPSA) is 128 Å². The maximum atomic E-state index is 12.4. The predicted molar refractivity (Wildman–Crippen MR) is 137 cm³/mol. The molecular formula is C27H26N4O7. The second kappa shape index (κ2) is 11.2. The zero-order chi connectivity index (χ0) is 26.5. The molecule has 0 unspecified atom stereocenters. The number of nitrogens with one attached hydrogen (secondary N) is 2. The summed E-state index contributed by atoms with van der Waals surface area (Å²) >= 11 is 0.